The SMILES string of the molecule is C#Cc1c(N)ccc(C(=O)OC)c1Cl.COC(=O)c1c(C)cc2[nH]ccc2c1Cl. The lowest BCUT2D eigenvalue weighted by Gasteiger charge is -2.07. The number of aromatic nitrogens is 1. The standard InChI is InChI=1S/C11H10ClNO2.C10H8ClNO2/c1-6-5-8-7(3-4-13-8)10(12)9(6)11(14)15-2;1-3-6-8(12)5-4-7(9(6)11)10(13)14-2/h3-5,13H,1-2H3;1,4-5H,12H2,2H3. The lowest BCUT2D eigenvalue weighted by Crippen LogP contribution is -2.04. The number of nitrogen functional groups attached to an aromatic ring is 1. The number of benzene rings is 2. The van der Waals surface area contributed by atoms with Gasteiger partial charge in [-0.3, -0.25) is 0 Å². The third kappa shape index (κ3) is 4.48. The van der Waals surface area contributed by atoms with Gasteiger partial charge in [0.2, 0.25) is 0 Å². The van der Waals surface area contributed by atoms with Crippen LogP contribution in [0.4, 0.5) is 5.69 Å². The zero-order valence-corrected chi connectivity index (χ0v) is 17.4. The van der Waals surface area contributed by atoms with E-state index in [1.807, 2.05) is 19.1 Å². The second-order valence-electron chi connectivity index (χ2n) is 5.84. The predicted octanol–water partition coefficient (Wildman–Crippen LogP) is 4.61. The highest BCUT2D eigenvalue weighted by atomic mass is 35.5. The van der Waals surface area contributed by atoms with Gasteiger partial charge in [-0.1, -0.05) is 29.1 Å². The number of terminal acetylenes is 1. The van der Waals surface area contributed by atoms with Crippen LogP contribution >= 0.6 is 23.2 Å². The summed E-state index contributed by atoms with van der Waals surface area (Å²) in [5, 5.41) is 1.43. The van der Waals surface area contributed by atoms with Crippen LogP contribution in [-0.2, 0) is 9.47 Å². The van der Waals surface area contributed by atoms with Gasteiger partial charge in [0.15, 0.2) is 0 Å². The van der Waals surface area contributed by atoms with E-state index < -0.39 is 11.9 Å². The van der Waals surface area contributed by atoms with Gasteiger partial charge in [0.05, 0.1) is 41.0 Å². The highest BCUT2D eigenvalue weighted by Crippen LogP contribution is 2.30. The van der Waals surface area contributed by atoms with E-state index in [4.69, 9.17) is 35.4 Å². The van der Waals surface area contributed by atoms with Crippen molar-refractivity contribution in [3.05, 3.63) is 62.8 Å². The molecule has 0 unspecified atom stereocenters. The highest BCUT2D eigenvalue weighted by molar-refractivity contribution is 6.38. The molecule has 1 heterocycles. The molecule has 3 N–H and O–H groups in total. The lowest BCUT2D eigenvalue weighted by molar-refractivity contribution is 0.0591. The molecule has 8 heteroatoms. The first-order valence-electron chi connectivity index (χ1n) is 8.24. The van der Waals surface area contributed by atoms with Gasteiger partial charge in [0.1, 0.15) is 0 Å². The van der Waals surface area contributed by atoms with Crippen LogP contribution in [0.1, 0.15) is 31.8 Å². The fourth-order valence-corrected chi connectivity index (χ4v) is 3.34. The number of rotatable bonds is 2. The second kappa shape index (κ2) is 9.37. The maximum Gasteiger partial charge on any atom is 0.339 e. The summed E-state index contributed by atoms with van der Waals surface area (Å²) in [4.78, 5) is 25.8. The molecule has 0 spiro atoms. The van der Waals surface area contributed by atoms with E-state index in [0.29, 0.717) is 21.8 Å². The number of halogens is 2. The van der Waals surface area contributed by atoms with Crippen LogP contribution in [0.5, 0.6) is 0 Å². The Hall–Kier alpha value is -3.14. The Bertz CT molecular complexity index is 1130. The molecular formula is C21H18Cl2N2O4. The fourth-order valence-electron chi connectivity index (χ4n) is 2.65. The Morgan fingerprint density at radius 3 is 2.34 bits per heavy atom. The van der Waals surface area contributed by atoms with Crippen LogP contribution in [-0.4, -0.2) is 31.1 Å². The Kier molecular flexibility index (Phi) is 7.16. The predicted molar refractivity (Wildman–Crippen MR) is 115 cm³/mol. The number of esters is 2. The van der Waals surface area contributed by atoms with Crippen LogP contribution in [0, 0.1) is 19.3 Å². The maximum absolute atomic E-state index is 11.5. The molecule has 0 saturated heterocycles. The van der Waals surface area contributed by atoms with Crippen molar-refractivity contribution in [2.24, 2.45) is 0 Å². The molecule has 3 aromatic rings. The van der Waals surface area contributed by atoms with E-state index in [-0.39, 0.29) is 10.6 Å². The number of nitrogens with two attached hydrogens (primary N) is 1. The summed E-state index contributed by atoms with van der Waals surface area (Å²) < 4.78 is 9.21. The molecule has 0 atom stereocenters. The molecule has 0 saturated carbocycles. The summed E-state index contributed by atoms with van der Waals surface area (Å²) in [5.74, 6) is 1.38. The summed E-state index contributed by atoms with van der Waals surface area (Å²) >= 11 is 12.0. The average molecular weight is 433 g/mol. The summed E-state index contributed by atoms with van der Waals surface area (Å²) in [6, 6.07) is 6.72. The zero-order chi connectivity index (χ0) is 21.7. The maximum atomic E-state index is 11.5. The molecule has 0 fully saturated rings. The summed E-state index contributed by atoms with van der Waals surface area (Å²) in [6.07, 6.45) is 6.98. The number of aromatic amines is 1. The van der Waals surface area contributed by atoms with Crippen molar-refractivity contribution in [3.8, 4) is 12.3 Å². The largest absolute Gasteiger partial charge is 0.465 e. The third-order valence-electron chi connectivity index (χ3n) is 4.10. The van der Waals surface area contributed by atoms with Crippen LogP contribution in [0.25, 0.3) is 10.9 Å². The van der Waals surface area contributed by atoms with E-state index >= 15 is 0 Å². The monoisotopic (exact) mass is 432 g/mol. The minimum absolute atomic E-state index is 0.152. The Morgan fingerprint density at radius 2 is 1.76 bits per heavy atom. The molecule has 0 bridgehead atoms. The number of anilines is 1. The zero-order valence-electron chi connectivity index (χ0n) is 15.9. The molecular weight excluding hydrogens is 415 g/mol. The van der Waals surface area contributed by atoms with Gasteiger partial charge in [-0.05, 0) is 36.8 Å². The number of methoxy groups -OCH3 is 2. The number of fused-ring (bicyclic) bond motifs is 1. The first-order chi connectivity index (χ1) is 13.8. The molecule has 2 aromatic carbocycles. The van der Waals surface area contributed by atoms with Crippen LogP contribution in [0.15, 0.2) is 30.5 Å². The van der Waals surface area contributed by atoms with E-state index in [1.54, 1.807) is 6.20 Å². The van der Waals surface area contributed by atoms with E-state index in [9.17, 15) is 9.59 Å². The van der Waals surface area contributed by atoms with Gasteiger partial charge >= 0.3 is 11.9 Å². The Balaban J connectivity index is 0.000000208. The molecule has 0 radical (unpaired) electrons. The van der Waals surface area contributed by atoms with Gasteiger partial charge in [-0.25, -0.2) is 9.59 Å². The van der Waals surface area contributed by atoms with Gasteiger partial charge in [0, 0.05) is 22.8 Å². The number of hydrogen-bond donors (Lipinski definition) is 2. The lowest BCUT2D eigenvalue weighted by atomic mass is 10.1. The first kappa shape index (κ1) is 22.2. The van der Waals surface area contributed by atoms with Gasteiger partial charge in [-0.2, -0.15) is 0 Å². The minimum atomic E-state index is -0.536. The van der Waals surface area contributed by atoms with Crippen molar-refractivity contribution >= 4 is 51.7 Å². The van der Waals surface area contributed by atoms with Crippen molar-refractivity contribution in [2.75, 3.05) is 20.0 Å². The molecule has 0 aliphatic heterocycles. The fraction of sp³-hybridized carbons (Fsp3) is 0.143. The summed E-state index contributed by atoms with van der Waals surface area (Å²) in [5.41, 5.74) is 8.63. The number of ether oxygens (including phenoxy) is 2. The van der Waals surface area contributed by atoms with Crippen molar-refractivity contribution in [3.63, 3.8) is 0 Å². The first-order valence-corrected chi connectivity index (χ1v) is 8.99. The minimum Gasteiger partial charge on any atom is -0.465 e. The molecule has 0 aliphatic rings. The van der Waals surface area contributed by atoms with Gasteiger partial charge in [-0.15, -0.1) is 6.42 Å². The van der Waals surface area contributed by atoms with E-state index in [1.165, 1.54) is 26.4 Å². The molecule has 0 aliphatic carbocycles. The molecule has 150 valence electrons. The van der Waals surface area contributed by atoms with Crippen molar-refractivity contribution in [1.29, 1.82) is 0 Å². The van der Waals surface area contributed by atoms with Gasteiger partial charge in [0.25, 0.3) is 0 Å². The third-order valence-corrected chi connectivity index (χ3v) is 4.89. The number of H-pyrrole nitrogens is 1. The number of aryl methyl sites for hydroxylation is 1. The van der Waals surface area contributed by atoms with E-state index in [2.05, 4.69) is 20.4 Å². The normalized spacial score (nSPS) is 9.93. The molecule has 3 rings (SSSR count). The van der Waals surface area contributed by atoms with Crippen LogP contribution < -0.4 is 5.73 Å². The van der Waals surface area contributed by atoms with Crippen molar-refractivity contribution < 1.29 is 19.1 Å². The quantitative estimate of drug-likeness (QED) is 0.350. The Labute approximate surface area is 177 Å². The molecule has 29 heavy (non-hydrogen) atoms. The number of carbonyl (C=O) groups excluding carboxylic acids is 2. The van der Waals surface area contributed by atoms with Crippen LogP contribution in [0.2, 0.25) is 10.0 Å². The summed E-state index contributed by atoms with van der Waals surface area (Å²) in [6.45, 7) is 1.83. The summed E-state index contributed by atoms with van der Waals surface area (Å²) in [7, 11) is 2.62. The van der Waals surface area contributed by atoms with Crippen molar-refractivity contribution in [1.82, 2.24) is 4.98 Å². The smallest absolute Gasteiger partial charge is 0.339 e. The van der Waals surface area contributed by atoms with E-state index in [0.717, 1.165) is 16.5 Å². The van der Waals surface area contributed by atoms with Crippen molar-refractivity contribution in [2.45, 2.75) is 6.92 Å². The molecule has 0 amide bonds. The molecule has 6 nitrogen and oxygen atoms in total. The molecule has 1 aromatic heterocycles. The second-order valence-corrected chi connectivity index (χ2v) is 6.60. The highest BCUT2D eigenvalue weighted by Gasteiger charge is 2.17. The van der Waals surface area contributed by atoms with Crippen LogP contribution in [0.3, 0.4) is 0 Å². The number of nitrogens with one attached hydrogen (secondary N) is 1. The number of carbonyl (C=O) groups is 2. The Morgan fingerprint density at radius 1 is 1.10 bits per heavy atom. The van der Waals surface area contributed by atoms with Gasteiger partial charge < -0.3 is 20.2 Å². The topological polar surface area (TPSA) is 94.4 Å². The average Bonchev–Trinajstić information content (AvgIpc) is 3.17. The number of hydrogen-bond acceptors (Lipinski definition) is 5.